The lowest BCUT2D eigenvalue weighted by Crippen LogP contribution is -2.29. The van der Waals surface area contributed by atoms with Gasteiger partial charge >= 0.3 is 5.97 Å². The van der Waals surface area contributed by atoms with E-state index >= 15 is 0 Å². The second-order valence-electron chi connectivity index (χ2n) is 7.26. The van der Waals surface area contributed by atoms with Gasteiger partial charge in [-0.05, 0) is 37.7 Å². The third kappa shape index (κ3) is 8.00. The standard InChI is InChI=1S/C21H31NO4/c1-16-6-8-18(9-7-16)10-11-20(23)22-12-13-25-21(24)15-26-19-5-3-4-17(2)14-19/h6-9,17,19H,3-5,10-15H2,1-2H3,(H,22,23). The van der Waals surface area contributed by atoms with E-state index in [4.69, 9.17) is 9.47 Å². The molecule has 0 aromatic heterocycles. The number of esters is 1. The topological polar surface area (TPSA) is 64.6 Å². The number of carbonyl (C=O) groups is 2. The molecule has 1 N–H and O–H groups in total. The molecule has 0 heterocycles. The molecule has 0 spiro atoms. The van der Waals surface area contributed by atoms with E-state index < -0.39 is 0 Å². The van der Waals surface area contributed by atoms with Crippen molar-refractivity contribution in [2.45, 2.75) is 58.5 Å². The molecule has 1 amide bonds. The maximum Gasteiger partial charge on any atom is 0.332 e. The quantitative estimate of drug-likeness (QED) is 0.542. The van der Waals surface area contributed by atoms with Gasteiger partial charge in [-0.15, -0.1) is 0 Å². The molecule has 0 saturated heterocycles. The fraction of sp³-hybridized carbons (Fsp3) is 0.619. The van der Waals surface area contributed by atoms with Crippen LogP contribution in [0.4, 0.5) is 0 Å². The van der Waals surface area contributed by atoms with E-state index in [0.29, 0.717) is 25.3 Å². The molecule has 1 aliphatic rings. The lowest BCUT2D eigenvalue weighted by molar-refractivity contribution is -0.152. The molecule has 1 aromatic rings. The zero-order chi connectivity index (χ0) is 18.8. The van der Waals surface area contributed by atoms with Gasteiger partial charge in [-0.1, -0.05) is 49.6 Å². The highest BCUT2D eigenvalue weighted by atomic mass is 16.6. The van der Waals surface area contributed by atoms with Crippen LogP contribution in [0.5, 0.6) is 0 Å². The number of benzene rings is 1. The minimum Gasteiger partial charge on any atom is -0.462 e. The van der Waals surface area contributed by atoms with Gasteiger partial charge in [0.2, 0.25) is 5.91 Å². The van der Waals surface area contributed by atoms with E-state index in [2.05, 4.69) is 12.2 Å². The van der Waals surface area contributed by atoms with E-state index in [0.717, 1.165) is 24.8 Å². The molecular formula is C21H31NO4. The van der Waals surface area contributed by atoms with Crippen LogP contribution in [0.25, 0.3) is 0 Å². The Kier molecular flexibility index (Phi) is 8.62. The van der Waals surface area contributed by atoms with Crippen LogP contribution in [0.2, 0.25) is 0 Å². The molecule has 0 bridgehead atoms. The van der Waals surface area contributed by atoms with Gasteiger partial charge < -0.3 is 14.8 Å². The summed E-state index contributed by atoms with van der Waals surface area (Å²) in [6.45, 7) is 4.77. The predicted molar refractivity (Wildman–Crippen MR) is 101 cm³/mol. The second kappa shape index (κ2) is 11.0. The Morgan fingerprint density at radius 2 is 1.96 bits per heavy atom. The van der Waals surface area contributed by atoms with Crippen LogP contribution in [-0.2, 0) is 25.5 Å². The first kappa shape index (κ1) is 20.4. The maximum atomic E-state index is 11.8. The van der Waals surface area contributed by atoms with Crippen LogP contribution >= 0.6 is 0 Å². The highest BCUT2D eigenvalue weighted by Gasteiger charge is 2.20. The molecule has 5 heteroatoms. The van der Waals surface area contributed by atoms with E-state index in [1.54, 1.807) is 0 Å². The first-order chi connectivity index (χ1) is 12.5. The van der Waals surface area contributed by atoms with Crippen LogP contribution in [0.1, 0.15) is 50.2 Å². The van der Waals surface area contributed by atoms with Gasteiger partial charge in [-0.3, -0.25) is 4.79 Å². The van der Waals surface area contributed by atoms with Crippen LogP contribution in [0, 0.1) is 12.8 Å². The van der Waals surface area contributed by atoms with Crippen molar-refractivity contribution in [1.29, 1.82) is 0 Å². The third-order valence-corrected chi connectivity index (χ3v) is 4.77. The van der Waals surface area contributed by atoms with E-state index in [1.807, 2.05) is 31.2 Å². The Morgan fingerprint density at radius 1 is 1.19 bits per heavy atom. The molecule has 1 aromatic carbocycles. The van der Waals surface area contributed by atoms with Crippen molar-refractivity contribution < 1.29 is 19.1 Å². The van der Waals surface area contributed by atoms with Crippen molar-refractivity contribution in [3.8, 4) is 0 Å². The van der Waals surface area contributed by atoms with Gasteiger partial charge in [0, 0.05) is 6.42 Å². The Hall–Kier alpha value is -1.88. The Morgan fingerprint density at radius 3 is 2.69 bits per heavy atom. The van der Waals surface area contributed by atoms with Gasteiger partial charge in [0.15, 0.2) is 0 Å². The molecule has 1 fully saturated rings. The Balaban J connectivity index is 1.50. The fourth-order valence-electron chi connectivity index (χ4n) is 3.21. The number of hydrogen-bond acceptors (Lipinski definition) is 4. The predicted octanol–water partition coefficient (Wildman–Crippen LogP) is 3.18. The van der Waals surface area contributed by atoms with Crippen molar-refractivity contribution >= 4 is 11.9 Å². The van der Waals surface area contributed by atoms with Gasteiger partial charge in [-0.2, -0.15) is 0 Å². The van der Waals surface area contributed by atoms with Gasteiger partial charge in [0.1, 0.15) is 13.2 Å². The highest BCUT2D eigenvalue weighted by molar-refractivity contribution is 5.76. The number of aryl methyl sites for hydroxylation is 2. The molecule has 2 atom stereocenters. The summed E-state index contributed by atoms with van der Waals surface area (Å²) in [6.07, 6.45) is 5.76. The van der Waals surface area contributed by atoms with Gasteiger partial charge in [0.05, 0.1) is 12.6 Å². The van der Waals surface area contributed by atoms with E-state index in [9.17, 15) is 9.59 Å². The van der Waals surface area contributed by atoms with Gasteiger partial charge in [0.25, 0.3) is 0 Å². The maximum absolute atomic E-state index is 11.8. The van der Waals surface area contributed by atoms with Crippen LogP contribution in [0.3, 0.4) is 0 Å². The number of ether oxygens (including phenoxy) is 2. The number of rotatable bonds is 9. The van der Waals surface area contributed by atoms with Crippen LogP contribution < -0.4 is 5.32 Å². The zero-order valence-electron chi connectivity index (χ0n) is 16.0. The third-order valence-electron chi connectivity index (χ3n) is 4.77. The fourth-order valence-corrected chi connectivity index (χ4v) is 3.21. The second-order valence-corrected chi connectivity index (χ2v) is 7.26. The summed E-state index contributed by atoms with van der Waals surface area (Å²) < 4.78 is 10.7. The van der Waals surface area contributed by atoms with Crippen molar-refractivity contribution in [2.75, 3.05) is 19.8 Å². The molecule has 26 heavy (non-hydrogen) atoms. The summed E-state index contributed by atoms with van der Waals surface area (Å²) in [7, 11) is 0. The lowest BCUT2D eigenvalue weighted by Gasteiger charge is -2.26. The summed E-state index contributed by atoms with van der Waals surface area (Å²) in [6, 6.07) is 8.17. The lowest BCUT2D eigenvalue weighted by atomic mass is 9.89. The van der Waals surface area contributed by atoms with E-state index in [1.165, 1.54) is 12.0 Å². The molecule has 1 aliphatic carbocycles. The Bertz CT molecular complexity index is 570. The number of nitrogens with one attached hydrogen (secondary N) is 1. The van der Waals surface area contributed by atoms with Crippen LogP contribution in [0.15, 0.2) is 24.3 Å². The number of amides is 1. The Labute approximate surface area is 156 Å². The first-order valence-corrected chi connectivity index (χ1v) is 9.62. The average molecular weight is 361 g/mol. The summed E-state index contributed by atoms with van der Waals surface area (Å²) in [4.78, 5) is 23.5. The minimum atomic E-state index is -0.364. The highest BCUT2D eigenvalue weighted by Crippen LogP contribution is 2.25. The van der Waals surface area contributed by atoms with Crippen molar-refractivity contribution in [3.63, 3.8) is 0 Å². The van der Waals surface area contributed by atoms with Crippen LogP contribution in [-0.4, -0.2) is 37.7 Å². The average Bonchev–Trinajstić information content (AvgIpc) is 2.63. The minimum absolute atomic E-state index is 0.00123. The van der Waals surface area contributed by atoms with E-state index in [-0.39, 0.29) is 31.2 Å². The zero-order valence-corrected chi connectivity index (χ0v) is 16.0. The summed E-state index contributed by atoms with van der Waals surface area (Å²) >= 11 is 0. The summed E-state index contributed by atoms with van der Waals surface area (Å²) in [5, 5.41) is 2.77. The largest absolute Gasteiger partial charge is 0.462 e. The molecule has 5 nitrogen and oxygen atoms in total. The normalized spacial score (nSPS) is 19.8. The molecule has 144 valence electrons. The first-order valence-electron chi connectivity index (χ1n) is 9.62. The molecule has 1 saturated carbocycles. The SMILES string of the molecule is Cc1ccc(CCC(=O)NCCOC(=O)COC2CCCC(C)C2)cc1. The number of hydrogen-bond donors (Lipinski definition) is 1. The van der Waals surface area contributed by atoms with Crippen molar-refractivity contribution in [1.82, 2.24) is 5.32 Å². The molecule has 0 aliphatic heterocycles. The van der Waals surface area contributed by atoms with Crippen molar-refractivity contribution in [3.05, 3.63) is 35.4 Å². The molecule has 2 unspecified atom stereocenters. The summed E-state index contributed by atoms with van der Waals surface area (Å²) in [5.41, 5.74) is 2.35. The molecule has 0 radical (unpaired) electrons. The monoisotopic (exact) mass is 361 g/mol. The molecular weight excluding hydrogens is 330 g/mol. The summed E-state index contributed by atoms with van der Waals surface area (Å²) in [5.74, 6) is 0.270. The van der Waals surface area contributed by atoms with Crippen molar-refractivity contribution in [2.24, 2.45) is 5.92 Å². The number of carbonyl (C=O) groups excluding carboxylic acids is 2. The van der Waals surface area contributed by atoms with Gasteiger partial charge in [-0.25, -0.2) is 4.79 Å². The molecule has 2 rings (SSSR count). The smallest absolute Gasteiger partial charge is 0.332 e.